The first-order valence-corrected chi connectivity index (χ1v) is 8.64. The van der Waals surface area contributed by atoms with Crippen molar-refractivity contribution in [3.63, 3.8) is 0 Å². The van der Waals surface area contributed by atoms with E-state index in [-0.39, 0.29) is 11.8 Å². The molecule has 1 fully saturated rings. The van der Waals surface area contributed by atoms with Gasteiger partial charge in [-0.3, -0.25) is 4.79 Å². The molecule has 0 atom stereocenters. The van der Waals surface area contributed by atoms with Gasteiger partial charge in [-0.1, -0.05) is 33.1 Å². The molecule has 1 aliphatic rings. The minimum absolute atomic E-state index is 0.00579. The average Bonchev–Trinajstić information content (AvgIpc) is 2.41. The van der Waals surface area contributed by atoms with Gasteiger partial charge in [0.05, 0.1) is 10.7 Å². The first kappa shape index (κ1) is 16.4. The van der Waals surface area contributed by atoms with Crippen LogP contribution in [0, 0.1) is 5.41 Å². The molecule has 19 heavy (non-hydrogen) atoms. The molecular formula is C13H25NO4S. The lowest BCUT2D eigenvalue weighted by Gasteiger charge is -2.29. The topological polar surface area (TPSA) is 83.5 Å². The molecule has 0 radical (unpaired) electrons. The Labute approximate surface area is 115 Å². The standard InChI is InChI=1S/C13H25NO4S/c1-3-13(4-2,12(15)16)10-14-19(17,18)11-8-6-5-7-9-11/h11,14H,3-10H2,1-2H3,(H,15,16). The second-order valence-corrected chi connectivity index (χ2v) is 7.46. The van der Waals surface area contributed by atoms with E-state index in [0.29, 0.717) is 25.7 Å². The summed E-state index contributed by atoms with van der Waals surface area (Å²) in [7, 11) is -3.38. The van der Waals surface area contributed by atoms with Crippen LogP contribution in [0.15, 0.2) is 0 Å². The van der Waals surface area contributed by atoms with Crippen molar-refractivity contribution >= 4 is 16.0 Å². The van der Waals surface area contributed by atoms with Gasteiger partial charge in [0.15, 0.2) is 0 Å². The molecule has 1 saturated carbocycles. The van der Waals surface area contributed by atoms with Crippen molar-refractivity contribution in [1.82, 2.24) is 4.72 Å². The number of carbonyl (C=O) groups is 1. The molecule has 0 aliphatic heterocycles. The number of carboxylic acids is 1. The second kappa shape index (κ2) is 6.70. The van der Waals surface area contributed by atoms with E-state index in [1.54, 1.807) is 13.8 Å². The lowest BCUT2D eigenvalue weighted by molar-refractivity contribution is -0.149. The van der Waals surface area contributed by atoms with Crippen LogP contribution in [-0.2, 0) is 14.8 Å². The van der Waals surface area contributed by atoms with E-state index in [1.165, 1.54) is 0 Å². The fourth-order valence-electron chi connectivity index (χ4n) is 2.61. The molecule has 0 spiro atoms. The monoisotopic (exact) mass is 291 g/mol. The summed E-state index contributed by atoms with van der Waals surface area (Å²) >= 11 is 0. The highest BCUT2D eigenvalue weighted by atomic mass is 32.2. The number of rotatable bonds is 7. The molecule has 0 aromatic carbocycles. The van der Waals surface area contributed by atoms with Gasteiger partial charge >= 0.3 is 5.97 Å². The van der Waals surface area contributed by atoms with Crippen LogP contribution in [0.1, 0.15) is 58.8 Å². The lowest BCUT2D eigenvalue weighted by Crippen LogP contribution is -2.45. The maximum absolute atomic E-state index is 12.2. The summed E-state index contributed by atoms with van der Waals surface area (Å²) in [6.45, 7) is 3.56. The summed E-state index contributed by atoms with van der Waals surface area (Å²) in [5.74, 6) is -0.927. The van der Waals surface area contributed by atoms with Gasteiger partial charge in [-0.05, 0) is 25.7 Å². The number of aliphatic carboxylic acids is 1. The van der Waals surface area contributed by atoms with Gasteiger partial charge in [0.25, 0.3) is 0 Å². The van der Waals surface area contributed by atoms with Crippen molar-refractivity contribution in [2.24, 2.45) is 5.41 Å². The summed E-state index contributed by atoms with van der Waals surface area (Å²) in [6, 6.07) is 0. The molecule has 0 unspecified atom stereocenters. The second-order valence-electron chi connectivity index (χ2n) is 5.42. The van der Waals surface area contributed by atoms with Gasteiger partial charge in [0.1, 0.15) is 0 Å². The molecule has 0 aromatic rings. The van der Waals surface area contributed by atoms with E-state index in [9.17, 15) is 18.3 Å². The fraction of sp³-hybridized carbons (Fsp3) is 0.923. The third-order valence-corrected chi connectivity index (χ3v) is 6.31. The summed E-state index contributed by atoms with van der Waals surface area (Å²) in [5, 5.41) is 8.95. The fourth-order valence-corrected chi connectivity index (χ4v) is 4.28. The number of sulfonamides is 1. The Bertz CT molecular complexity index is 395. The number of hydrogen-bond donors (Lipinski definition) is 2. The van der Waals surface area contributed by atoms with Crippen molar-refractivity contribution < 1.29 is 18.3 Å². The summed E-state index contributed by atoms with van der Waals surface area (Å²) in [6.07, 6.45) is 5.20. The van der Waals surface area contributed by atoms with Crippen LogP contribution < -0.4 is 4.72 Å². The number of hydrogen-bond acceptors (Lipinski definition) is 3. The Morgan fingerprint density at radius 3 is 2.16 bits per heavy atom. The minimum Gasteiger partial charge on any atom is -0.481 e. The smallest absolute Gasteiger partial charge is 0.310 e. The van der Waals surface area contributed by atoms with Gasteiger partial charge in [0, 0.05) is 6.54 Å². The van der Waals surface area contributed by atoms with Gasteiger partial charge < -0.3 is 5.11 Å². The maximum Gasteiger partial charge on any atom is 0.310 e. The molecule has 0 amide bonds. The van der Waals surface area contributed by atoms with E-state index in [4.69, 9.17) is 0 Å². The highest BCUT2D eigenvalue weighted by molar-refractivity contribution is 7.90. The third-order valence-electron chi connectivity index (χ3n) is 4.41. The Hall–Kier alpha value is -0.620. The molecule has 5 nitrogen and oxygen atoms in total. The van der Waals surface area contributed by atoms with Crippen molar-refractivity contribution in [3.05, 3.63) is 0 Å². The van der Waals surface area contributed by atoms with Gasteiger partial charge in [-0.2, -0.15) is 0 Å². The Kier molecular flexibility index (Phi) is 5.80. The minimum atomic E-state index is -3.38. The van der Waals surface area contributed by atoms with Gasteiger partial charge in [-0.25, -0.2) is 13.1 Å². The van der Waals surface area contributed by atoms with Crippen LogP contribution in [0.3, 0.4) is 0 Å². The van der Waals surface area contributed by atoms with Crippen molar-refractivity contribution in [1.29, 1.82) is 0 Å². The highest BCUT2D eigenvalue weighted by Crippen LogP contribution is 2.28. The van der Waals surface area contributed by atoms with Crippen LogP contribution in [0.2, 0.25) is 0 Å². The molecule has 2 N–H and O–H groups in total. The number of nitrogens with one attached hydrogen (secondary N) is 1. The molecule has 0 heterocycles. The third kappa shape index (κ3) is 3.92. The van der Waals surface area contributed by atoms with Gasteiger partial charge in [-0.15, -0.1) is 0 Å². The number of carboxylic acid groups (broad SMARTS) is 1. The largest absolute Gasteiger partial charge is 0.481 e. The van der Waals surface area contributed by atoms with E-state index in [0.717, 1.165) is 19.3 Å². The molecule has 0 bridgehead atoms. The van der Waals surface area contributed by atoms with Crippen LogP contribution in [0.25, 0.3) is 0 Å². The predicted molar refractivity (Wildman–Crippen MR) is 74.4 cm³/mol. The maximum atomic E-state index is 12.2. The normalized spacial score (nSPS) is 18.4. The Morgan fingerprint density at radius 2 is 1.74 bits per heavy atom. The van der Waals surface area contributed by atoms with E-state index in [1.807, 2.05) is 0 Å². The average molecular weight is 291 g/mol. The Morgan fingerprint density at radius 1 is 1.21 bits per heavy atom. The summed E-state index contributed by atoms with van der Waals surface area (Å²) in [4.78, 5) is 11.3. The SMILES string of the molecule is CCC(CC)(CNS(=O)(=O)C1CCCCC1)C(=O)O. The lowest BCUT2D eigenvalue weighted by atomic mass is 9.83. The molecule has 1 rings (SSSR count). The zero-order chi connectivity index (χ0) is 14.5. The predicted octanol–water partition coefficient (Wildman–Crippen LogP) is 2.13. The highest BCUT2D eigenvalue weighted by Gasteiger charge is 2.37. The first-order valence-electron chi connectivity index (χ1n) is 7.10. The molecule has 6 heteroatoms. The van der Waals surface area contributed by atoms with Crippen molar-refractivity contribution in [2.75, 3.05) is 6.54 Å². The van der Waals surface area contributed by atoms with Crippen LogP contribution in [0.4, 0.5) is 0 Å². The Balaban J connectivity index is 2.70. The van der Waals surface area contributed by atoms with Crippen LogP contribution >= 0.6 is 0 Å². The summed E-state index contributed by atoms with van der Waals surface area (Å²) in [5.41, 5.74) is -0.984. The molecule has 1 aliphatic carbocycles. The molecule has 0 saturated heterocycles. The van der Waals surface area contributed by atoms with Crippen molar-refractivity contribution in [2.45, 2.75) is 64.0 Å². The molecule has 0 aromatic heterocycles. The zero-order valence-electron chi connectivity index (χ0n) is 11.8. The summed E-state index contributed by atoms with van der Waals surface area (Å²) < 4.78 is 26.9. The van der Waals surface area contributed by atoms with Gasteiger partial charge in [0.2, 0.25) is 10.0 Å². The molecular weight excluding hydrogens is 266 g/mol. The van der Waals surface area contributed by atoms with E-state index >= 15 is 0 Å². The zero-order valence-corrected chi connectivity index (χ0v) is 12.6. The van der Waals surface area contributed by atoms with Crippen molar-refractivity contribution in [3.8, 4) is 0 Å². The van der Waals surface area contributed by atoms with E-state index < -0.39 is 21.4 Å². The molecule has 112 valence electrons. The van der Waals surface area contributed by atoms with E-state index in [2.05, 4.69) is 4.72 Å². The van der Waals surface area contributed by atoms with Crippen LogP contribution in [0.5, 0.6) is 0 Å². The van der Waals surface area contributed by atoms with Crippen LogP contribution in [-0.4, -0.2) is 31.3 Å². The quantitative estimate of drug-likeness (QED) is 0.752. The first-order chi connectivity index (χ1) is 8.88.